The van der Waals surface area contributed by atoms with E-state index in [1.54, 1.807) is 6.07 Å². The fraction of sp³-hybridized carbons (Fsp3) is 0.294. The van der Waals surface area contributed by atoms with Crippen LogP contribution in [0.4, 0.5) is 4.39 Å². The van der Waals surface area contributed by atoms with E-state index in [-0.39, 0.29) is 11.9 Å². The van der Waals surface area contributed by atoms with Crippen LogP contribution in [0.5, 0.6) is 0 Å². The van der Waals surface area contributed by atoms with Crippen LogP contribution < -0.4 is 11.3 Å². The third-order valence-electron chi connectivity index (χ3n) is 4.31. The summed E-state index contributed by atoms with van der Waals surface area (Å²) in [6, 6.07) is 13.6. The van der Waals surface area contributed by atoms with Gasteiger partial charge < -0.3 is 0 Å². The molecule has 1 atom stereocenters. The fourth-order valence-electron chi connectivity index (χ4n) is 3.18. The Labute approximate surface area is 132 Å². The average molecular weight is 349 g/mol. The lowest BCUT2D eigenvalue weighted by molar-refractivity contribution is 0.363. The number of hydrogen-bond donors (Lipinski definition) is 2. The Kier molecular flexibility index (Phi) is 4.38. The third-order valence-corrected chi connectivity index (χ3v) is 4.81. The highest BCUT2D eigenvalue weighted by molar-refractivity contribution is 9.10. The molecule has 0 heterocycles. The summed E-state index contributed by atoms with van der Waals surface area (Å²) in [4.78, 5) is 0. The summed E-state index contributed by atoms with van der Waals surface area (Å²) in [5.74, 6) is 5.98. The Morgan fingerprint density at radius 3 is 2.48 bits per heavy atom. The second-order valence-corrected chi connectivity index (χ2v) is 6.57. The summed E-state index contributed by atoms with van der Waals surface area (Å²) in [5.41, 5.74) is 6.36. The van der Waals surface area contributed by atoms with Gasteiger partial charge in [0.2, 0.25) is 0 Å². The first-order valence-corrected chi connectivity index (χ1v) is 7.93. The van der Waals surface area contributed by atoms with Gasteiger partial charge in [0.05, 0.1) is 0 Å². The van der Waals surface area contributed by atoms with Gasteiger partial charge in [0, 0.05) is 10.5 Å². The molecule has 110 valence electrons. The number of rotatable bonds is 4. The summed E-state index contributed by atoms with van der Waals surface area (Å²) >= 11 is 3.40. The Balaban J connectivity index is 1.76. The van der Waals surface area contributed by atoms with E-state index in [1.807, 2.05) is 6.07 Å². The first-order valence-electron chi connectivity index (χ1n) is 7.14. The van der Waals surface area contributed by atoms with E-state index in [1.165, 1.54) is 17.2 Å². The van der Waals surface area contributed by atoms with Crippen molar-refractivity contribution >= 4 is 15.9 Å². The van der Waals surface area contributed by atoms with Crippen molar-refractivity contribution in [3.05, 3.63) is 69.4 Å². The summed E-state index contributed by atoms with van der Waals surface area (Å²) < 4.78 is 14.8. The van der Waals surface area contributed by atoms with E-state index < -0.39 is 0 Å². The maximum Gasteiger partial charge on any atom is 0.126 e. The molecule has 0 saturated carbocycles. The Bertz CT molecular complexity index is 619. The normalized spacial score (nSPS) is 16.0. The molecule has 21 heavy (non-hydrogen) atoms. The second-order valence-electron chi connectivity index (χ2n) is 5.65. The van der Waals surface area contributed by atoms with Crippen LogP contribution in [0.25, 0.3) is 0 Å². The van der Waals surface area contributed by atoms with Crippen molar-refractivity contribution in [3.63, 3.8) is 0 Å². The first-order chi connectivity index (χ1) is 10.2. The molecular weight excluding hydrogens is 331 g/mol. The van der Waals surface area contributed by atoms with E-state index in [0.29, 0.717) is 17.9 Å². The van der Waals surface area contributed by atoms with Crippen LogP contribution in [0.1, 0.15) is 16.7 Å². The van der Waals surface area contributed by atoms with Gasteiger partial charge in [-0.15, -0.1) is 0 Å². The molecule has 0 radical (unpaired) electrons. The lowest BCUT2D eigenvalue weighted by atomic mass is 9.91. The number of benzene rings is 2. The molecule has 3 rings (SSSR count). The van der Waals surface area contributed by atoms with Gasteiger partial charge in [0.1, 0.15) is 5.82 Å². The van der Waals surface area contributed by atoms with Crippen LogP contribution >= 0.6 is 15.9 Å². The van der Waals surface area contributed by atoms with Gasteiger partial charge in [-0.1, -0.05) is 40.2 Å². The van der Waals surface area contributed by atoms with Crippen molar-refractivity contribution in [2.75, 3.05) is 0 Å². The minimum atomic E-state index is -0.172. The van der Waals surface area contributed by atoms with Crippen LogP contribution in [0.3, 0.4) is 0 Å². The molecule has 0 amide bonds. The molecule has 0 aliphatic heterocycles. The maximum absolute atomic E-state index is 13.9. The van der Waals surface area contributed by atoms with Gasteiger partial charge in [-0.05, 0) is 60.1 Å². The monoisotopic (exact) mass is 348 g/mol. The molecule has 2 aromatic carbocycles. The number of hydrogen-bond acceptors (Lipinski definition) is 2. The van der Waals surface area contributed by atoms with Crippen molar-refractivity contribution in [1.29, 1.82) is 0 Å². The van der Waals surface area contributed by atoms with Crippen molar-refractivity contribution in [3.8, 4) is 0 Å². The molecule has 0 aromatic heterocycles. The molecule has 0 saturated heterocycles. The van der Waals surface area contributed by atoms with E-state index in [4.69, 9.17) is 5.84 Å². The van der Waals surface area contributed by atoms with Gasteiger partial charge in [-0.3, -0.25) is 11.3 Å². The molecule has 0 spiro atoms. The average Bonchev–Trinajstić information content (AvgIpc) is 2.91. The highest BCUT2D eigenvalue weighted by atomic mass is 79.9. The molecule has 1 unspecified atom stereocenters. The zero-order valence-electron chi connectivity index (χ0n) is 11.7. The lowest BCUT2D eigenvalue weighted by Crippen LogP contribution is -2.43. The van der Waals surface area contributed by atoms with Crippen LogP contribution in [0.2, 0.25) is 0 Å². The number of hydrazine groups is 1. The lowest BCUT2D eigenvalue weighted by Gasteiger charge is -2.23. The minimum absolute atomic E-state index is 0.0706. The van der Waals surface area contributed by atoms with Gasteiger partial charge in [0.15, 0.2) is 0 Å². The molecule has 1 aliphatic rings. The molecule has 0 fully saturated rings. The molecule has 0 bridgehead atoms. The van der Waals surface area contributed by atoms with Crippen molar-refractivity contribution < 1.29 is 4.39 Å². The summed E-state index contributed by atoms with van der Waals surface area (Å²) in [7, 11) is 0. The number of nitrogens with two attached hydrogens (primary N) is 1. The van der Waals surface area contributed by atoms with Gasteiger partial charge in [-0.2, -0.15) is 0 Å². The Morgan fingerprint density at radius 2 is 1.86 bits per heavy atom. The van der Waals surface area contributed by atoms with Crippen LogP contribution in [-0.4, -0.2) is 6.04 Å². The van der Waals surface area contributed by atoms with Gasteiger partial charge in [0.25, 0.3) is 0 Å². The van der Waals surface area contributed by atoms with E-state index in [2.05, 4.69) is 45.6 Å². The van der Waals surface area contributed by atoms with Crippen molar-refractivity contribution in [1.82, 2.24) is 5.43 Å². The molecular formula is C17H18BrFN2. The molecule has 3 N–H and O–H groups in total. The zero-order valence-corrected chi connectivity index (χ0v) is 13.2. The maximum atomic E-state index is 13.9. The summed E-state index contributed by atoms with van der Waals surface area (Å²) in [5, 5.41) is 0. The fourth-order valence-corrected chi connectivity index (χ4v) is 3.58. The van der Waals surface area contributed by atoms with E-state index in [0.717, 1.165) is 17.3 Å². The predicted molar refractivity (Wildman–Crippen MR) is 86.3 cm³/mol. The Hall–Kier alpha value is -1.23. The number of halogens is 2. The van der Waals surface area contributed by atoms with Crippen molar-refractivity contribution in [2.45, 2.75) is 25.3 Å². The molecule has 2 aromatic rings. The zero-order chi connectivity index (χ0) is 14.8. The van der Waals surface area contributed by atoms with Crippen molar-refractivity contribution in [2.24, 2.45) is 11.8 Å². The largest absolute Gasteiger partial charge is 0.271 e. The highest BCUT2D eigenvalue weighted by Crippen LogP contribution is 2.30. The minimum Gasteiger partial charge on any atom is -0.271 e. The van der Waals surface area contributed by atoms with E-state index in [9.17, 15) is 4.39 Å². The van der Waals surface area contributed by atoms with Crippen LogP contribution in [0, 0.1) is 11.7 Å². The van der Waals surface area contributed by atoms with Crippen LogP contribution in [0.15, 0.2) is 46.9 Å². The first kappa shape index (κ1) is 14.7. The topological polar surface area (TPSA) is 38.0 Å². The molecule has 1 aliphatic carbocycles. The summed E-state index contributed by atoms with van der Waals surface area (Å²) in [6.45, 7) is 0. The smallest absolute Gasteiger partial charge is 0.126 e. The van der Waals surface area contributed by atoms with E-state index >= 15 is 0 Å². The molecule has 4 heteroatoms. The highest BCUT2D eigenvalue weighted by Gasteiger charge is 2.28. The number of nitrogens with one attached hydrogen (secondary N) is 1. The quantitative estimate of drug-likeness (QED) is 0.656. The third kappa shape index (κ3) is 3.18. The summed E-state index contributed by atoms with van der Waals surface area (Å²) in [6.07, 6.45) is 2.60. The molecule has 2 nitrogen and oxygen atoms in total. The second kappa shape index (κ2) is 6.26. The Morgan fingerprint density at radius 1 is 1.19 bits per heavy atom. The van der Waals surface area contributed by atoms with Gasteiger partial charge in [-0.25, -0.2) is 4.39 Å². The standard InChI is InChI=1S/C17H18BrFN2/c18-15-5-6-16(19)13(9-15)10-17(21-20)14-7-11-3-1-2-4-12(11)8-14/h1-6,9,14,17,21H,7-8,10,20H2. The number of fused-ring (bicyclic) bond motifs is 1. The SMILES string of the molecule is NNC(Cc1cc(Br)ccc1F)C1Cc2ccccc2C1. The van der Waals surface area contributed by atoms with Gasteiger partial charge >= 0.3 is 0 Å². The predicted octanol–water partition coefficient (Wildman–Crippen LogP) is 3.38. The van der Waals surface area contributed by atoms with Crippen LogP contribution in [-0.2, 0) is 19.3 Å².